The van der Waals surface area contributed by atoms with Gasteiger partial charge in [0.1, 0.15) is 0 Å². The topological polar surface area (TPSA) is 84.2 Å². The molecule has 0 aliphatic carbocycles. The van der Waals surface area contributed by atoms with Crippen LogP contribution in [0.2, 0.25) is 0 Å². The highest BCUT2D eigenvalue weighted by atomic mass is 16.2. The molecule has 0 saturated carbocycles. The number of hydrogen-bond acceptors (Lipinski definition) is 3. The summed E-state index contributed by atoms with van der Waals surface area (Å²) in [7, 11) is 0. The van der Waals surface area contributed by atoms with E-state index < -0.39 is 0 Å². The average Bonchev–Trinajstić information content (AvgIpc) is 2.51. The minimum absolute atomic E-state index is 0.146. The number of anilines is 2. The third-order valence-electron chi connectivity index (χ3n) is 3.45. The van der Waals surface area contributed by atoms with Gasteiger partial charge in [0.05, 0.1) is 0 Å². The van der Waals surface area contributed by atoms with Crippen LogP contribution in [0.15, 0.2) is 42.5 Å². The van der Waals surface area contributed by atoms with Gasteiger partial charge >= 0.3 is 0 Å². The second kappa shape index (κ2) is 7.56. The number of rotatable bonds is 5. The Kier molecular flexibility index (Phi) is 5.49. The summed E-state index contributed by atoms with van der Waals surface area (Å²) in [6.45, 7) is 4.17. The molecule has 0 aliphatic heterocycles. The van der Waals surface area contributed by atoms with Crippen LogP contribution < -0.4 is 16.4 Å². The van der Waals surface area contributed by atoms with E-state index in [9.17, 15) is 9.59 Å². The number of aryl methyl sites for hydroxylation is 2. The molecular formula is C18H21N3O2. The van der Waals surface area contributed by atoms with Crippen LogP contribution in [0.25, 0.3) is 0 Å². The van der Waals surface area contributed by atoms with Gasteiger partial charge in [0.15, 0.2) is 0 Å². The monoisotopic (exact) mass is 311 g/mol. The first kappa shape index (κ1) is 16.7. The molecular weight excluding hydrogens is 290 g/mol. The lowest BCUT2D eigenvalue weighted by atomic mass is 10.1. The van der Waals surface area contributed by atoms with E-state index in [-0.39, 0.29) is 18.2 Å². The first-order valence-electron chi connectivity index (χ1n) is 7.48. The van der Waals surface area contributed by atoms with Gasteiger partial charge in [-0.15, -0.1) is 0 Å². The van der Waals surface area contributed by atoms with Crippen LogP contribution in [0.4, 0.5) is 11.4 Å². The zero-order valence-corrected chi connectivity index (χ0v) is 13.3. The lowest BCUT2D eigenvalue weighted by molar-refractivity contribution is -0.116. The molecule has 0 fully saturated rings. The maximum absolute atomic E-state index is 12.3. The fourth-order valence-electron chi connectivity index (χ4n) is 2.09. The van der Waals surface area contributed by atoms with Crippen molar-refractivity contribution in [2.45, 2.75) is 20.3 Å². The molecule has 4 N–H and O–H groups in total. The number of hydrogen-bond donors (Lipinski definition) is 3. The van der Waals surface area contributed by atoms with Gasteiger partial charge in [0.2, 0.25) is 5.91 Å². The lowest BCUT2D eigenvalue weighted by Gasteiger charge is -2.12. The van der Waals surface area contributed by atoms with Gasteiger partial charge in [0, 0.05) is 29.9 Å². The quantitative estimate of drug-likeness (QED) is 0.794. The van der Waals surface area contributed by atoms with E-state index in [1.807, 2.05) is 32.0 Å². The molecule has 2 aromatic carbocycles. The summed E-state index contributed by atoms with van der Waals surface area (Å²) in [5, 5.41) is 5.64. The van der Waals surface area contributed by atoms with E-state index in [0.717, 1.165) is 11.1 Å². The Morgan fingerprint density at radius 1 is 1.00 bits per heavy atom. The Balaban J connectivity index is 2.13. The highest BCUT2D eigenvalue weighted by molar-refractivity contribution is 6.05. The second-order valence-corrected chi connectivity index (χ2v) is 5.44. The van der Waals surface area contributed by atoms with Crippen LogP contribution in [0.5, 0.6) is 0 Å². The molecule has 0 atom stereocenters. The number of nitrogens with one attached hydrogen (secondary N) is 2. The number of amides is 2. The van der Waals surface area contributed by atoms with Crippen LogP contribution in [0.3, 0.4) is 0 Å². The first-order chi connectivity index (χ1) is 11.0. The van der Waals surface area contributed by atoms with E-state index >= 15 is 0 Å². The van der Waals surface area contributed by atoms with Gasteiger partial charge in [-0.1, -0.05) is 23.8 Å². The maximum atomic E-state index is 12.3. The average molecular weight is 311 g/mol. The highest BCUT2D eigenvalue weighted by Crippen LogP contribution is 2.21. The Bertz CT molecular complexity index is 709. The second-order valence-electron chi connectivity index (χ2n) is 5.44. The van der Waals surface area contributed by atoms with Crippen LogP contribution in [0.1, 0.15) is 27.9 Å². The largest absolute Gasteiger partial charge is 0.330 e. The van der Waals surface area contributed by atoms with Crippen molar-refractivity contribution in [2.24, 2.45) is 5.73 Å². The summed E-state index contributed by atoms with van der Waals surface area (Å²) < 4.78 is 0. The third-order valence-corrected chi connectivity index (χ3v) is 3.45. The highest BCUT2D eigenvalue weighted by Gasteiger charge is 2.09. The first-order valence-corrected chi connectivity index (χ1v) is 7.48. The van der Waals surface area contributed by atoms with E-state index in [2.05, 4.69) is 10.6 Å². The zero-order valence-electron chi connectivity index (χ0n) is 13.3. The van der Waals surface area contributed by atoms with Crippen molar-refractivity contribution in [3.05, 3.63) is 59.2 Å². The summed E-state index contributed by atoms with van der Waals surface area (Å²) >= 11 is 0. The normalized spacial score (nSPS) is 10.2. The number of nitrogens with two attached hydrogens (primary N) is 1. The standard InChI is InChI=1S/C18H21N3O2/c1-12-3-6-14(7-4-12)18(23)21-16-11-15(8-5-13(16)2)20-17(22)9-10-19/h3-8,11H,9-10,19H2,1-2H3,(H,20,22)(H,21,23). The summed E-state index contributed by atoms with van der Waals surface area (Å²) in [6, 6.07) is 12.8. The molecule has 2 rings (SSSR count). The van der Waals surface area contributed by atoms with Gasteiger partial charge in [-0.3, -0.25) is 9.59 Å². The molecule has 2 aromatic rings. The van der Waals surface area contributed by atoms with E-state index in [4.69, 9.17) is 5.73 Å². The zero-order chi connectivity index (χ0) is 16.8. The smallest absolute Gasteiger partial charge is 0.255 e. The van der Waals surface area contributed by atoms with Crippen LogP contribution in [-0.4, -0.2) is 18.4 Å². The summed E-state index contributed by atoms with van der Waals surface area (Å²) in [4.78, 5) is 23.9. The van der Waals surface area contributed by atoms with Gasteiger partial charge < -0.3 is 16.4 Å². The molecule has 2 amide bonds. The Morgan fingerprint density at radius 3 is 2.35 bits per heavy atom. The Morgan fingerprint density at radius 2 is 1.70 bits per heavy atom. The van der Waals surface area contributed by atoms with Crippen molar-refractivity contribution < 1.29 is 9.59 Å². The lowest BCUT2D eigenvalue weighted by Crippen LogP contribution is -2.17. The SMILES string of the molecule is Cc1ccc(C(=O)Nc2cc(NC(=O)CCN)ccc2C)cc1. The molecule has 0 bridgehead atoms. The summed E-state index contributed by atoms with van der Waals surface area (Å²) in [5.41, 5.74) is 9.27. The fraction of sp³-hybridized carbons (Fsp3) is 0.222. The number of carbonyl (C=O) groups excluding carboxylic acids is 2. The molecule has 5 heteroatoms. The third kappa shape index (κ3) is 4.66. The molecule has 0 heterocycles. The Hall–Kier alpha value is -2.66. The molecule has 0 unspecified atom stereocenters. The van der Waals surface area contributed by atoms with Crippen molar-refractivity contribution in [1.82, 2.24) is 0 Å². The fourth-order valence-corrected chi connectivity index (χ4v) is 2.09. The van der Waals surface area contributed by atoms with E-state index in [1.165, 1.54) is 0 Å². The van der Waals surface area contributed by atoms with Crippen LogP contribution in [0, 0.1) is 13.8 Å². The molecule has 23 heavy (non-hydrogen) atoms. The van der Waals surface area contributed by atoms with Crippen molar-refractivity contribution >= 4 is 23.2 Å². The number of carbonyl (C=O) groups is 2. The molecule has 0 saturated heterocycles. The van der Waals surface area contributed by atoms with E-state index in [0.29, 0.717) is 23.5 Å². The van der Waals surface area contributed by atoms with Gasteiger partial charge in [-0.25, -0.2) is 0 Å². The predicted octanol–water partition coefficient (Wildman–Crippen LogP) is 2.84. The van der Waals surface area contributed by atoms with E-state index in [1.54, 1.807) is 24.3 Å². The minimum Gasteiger partial charge on any atom is -0.330 e. The molecule has 0 radical (unpaired) electrons. The van der Waals surface area contributed by atoms with Gasteiger partial charge in [-0.2, -0.15) is 0 Å². The maximum Gasteiger partial charge on any atom is 0.255 e. The van der Waals surface area contributed by atoms with Crippen molar-refractivity contribution in [2.75, 3.05) is 17.2 Å². The Labute approximate surface area is 135 Å². The van der Waals surface area contributed by atoms with Crippen LogP contribution in [-0.2, 0) is 4.79 Å². The molecule has 0 aromatic heterocycles. The van der Waals surface area contributed by atoms with Gasteiger partial charge in [-0.05, 0) is 43.7 Å². The van der Waals surface area contributed by atoms with Crippen LogP contribution >= 0.6 is 0 Å². The predicted molar refractivity (Wildman–Crippen MR) is 92.6 cm³/mol. The summed E-state index contributed by atoms with van der Waals surface area (Å²) in [6.07, 6.45) is 0.263. The number of benzene rings is 2. The molecule has 120 valence electrons. The summed E-state index contributed by atoms with van der Waals surface area (Å²) in [5.74, 6) is -0.328. The minimum atomic E-state index is -0.182. The van der Waals surface area contributed by atoms with Crippen molar-refractivity contribution in [3.63, 3.8) is 0 Å². The molecule has 5 nitrogen and oxygen atoms in total. The molecule has 0 aliphatic rings. The molecule has 0 spiro atoms. The van der Waals surface area contributed by atoms with Gasteiger partial charge in [0.25, 0.3) is 5.91 Å². The van der Waals surface area contributed by atoms with Crippen molar-refractivity contribution in [3.8, 4) is 0 Å². The van der Waals surface area contributed by atoms with Crippen molar-refractivity contribution in [1.29, 1.82) is 0 Å².